The Balaban J connectivity index is 1.35. The second-order valence-electron chi connectivity index (χ2n) is 7.77. The Kier molecular flexibility index (Phi) is 6.58. The number of nitrogens with zero attached hydrogens (tertiary/aromatic N) is 3. The highest BCUT2D eigenvalue weighted by molar-refractivity contribution is 5.95. The number of aryl methyl sites for hydroxylation is 1. The molecule has 1 aliphatic rings. The normalized spacial score (nSPS) is 13.9. The minimum absolute atomic E-state index is 0.0284. The molecular weight excluding hydrogens is 413 g/mol. The molecule has 3 aromatic rings. The molecule has 0 aliphatic carbocycles. The lowest BCUT2D eigenvalue weighted by Gasteiger charge is -2.36. The average Bonchev–Trinajstić information content (AvgIpc) is 3.48. The van der Waals surface area contributed by atoms with E-state index in [0.717, 1.165) is 0 Å². The predicted octanol–water partition coefficient (Wildman–Crippen LogP) is 3.70. The van der Waals surface area contributed by atoms with Gasteiger partial charge in [-0.2, -0.15) is 0 Å². The Hall–Kier alpha value is -3.55. The van der Waals surface area contributed by atoms with Crippen molar-refractivity contribution in [1.82, 2.24) is 9.80 Å². The summed E-state index contributed by atoms with van der Waals surface area (Å²) in [5, 5.41) is 0. The number of amides is 2. The van der Waals surface area contributed by atoms with Crippen LogP contribution in [0.4, 0.5) is 10.1 Å². The lowest BCUT2D eigenvalue weighted by Crippen LogP contribution is -2.49. The third-order valence-electron chi connectivity index (χ3n) is 5.72. The number of furan rings is 2. The maximum absolute atomic E-state index is 14.0. The van der Waals surface area contributed by atoms with E-state index in [4.69, 9.17) is 8.83 Å². The number of rotatable bonds is 7. The molecule has 1 fully saturated rings. The average molecular weight is 439 g/mol. The summed E-state index contributed by atoms with van der Waals surface area (Å²) in [5.41, 5.74) is 1.04. The first-order valence-electron chi connectivity index (χ1n) is 10.7. The van der Waals surface area contributed by atoms with Crippen molar-refractivity contribution >= 4 is 17.5 Å². The molecule has 168 valence electrons. The van der Waals surface area contributed by atoms with Crippen LogP contribution in [0, 0.1) is 12.7 Å². The minimum atomic E-state index is -0.256. The van der Waals surface area contributed by atoms with Gasteiger partial charge in [0.1, 0.15) is 17.3 Å². The van der Waals surface area contributed by atoms with E-state index in [2.05, 4.69) is 0 Å². The zero-order valence-corrected chi connectivity index (χ0v) is 18.0. The number of benzene rings is 1. The highest BCUT2D eigenvalue weighted by atomic mass is 19.1. The van der Waals surface area contributed by atoms with Crippen LogP contribution in [-0.4, -0.2) is 54.3 Å². The van der Waals surface area contributed by atoms with Crippen molar-refractivity contribution in [1.29, 1.82) is 0 Å². The van der Waals surface area contributed by atoms with E-state index in [9.17, 15) is 14.0 Å². The molecule has 0 bridgehead atoms. The zero-order chi connectivity index (χ0) is 22.5. The molecule has 8 heteroatoms. The fraction of sp³-hybridized carbons (Fsp3) is 0.333. The minimum Gasteiger partial charge on any atom is -0.469 e. The second-order valence-corrected chi connectivity index (χ2v) is 7.77. The summed E-state index contributed by atoms with van der Waals surface area (Å²) in [4.78, 5) is 31.2. The SMILES string of the molecule is Cc1occc1C(=O)N(CCC(=O)N1CCN(c2ccccc2F)CC1)Cc1ccco1. The number of carbonyl (C=O) groups excluding carboxylic acids is 2. The summed E-state index contributed by atoms with van der Waals surface area (Å²) in [7, 11) is 0. The summed E-state index contributed by atoms with van der Waals surface area (Å²) in [5.74, 6) is 0.693. The standard InChI is InChI=1S/C24H26FN3O4/c1-18-20(9-16-31-18)24(30)28(17-19-5-4-15-32-19)10-8-23(29)27-13-11-26(12-14-27)22-7-3-2-6-21(22)25/h2-7,9,15-16H,8,10-14,17H2,1H3. The summed E-state index contributed by atoms with van der Waals surface area (Å²) < 4.78 is 24.7. The number of hydrogen-bond acceptors (Lipinski definition) is 5. The predicted molar refractivity (Wildman–Crippen MR) is 117 cm³/mol. The van der Waals surface area contributed by atoms with E-state index >= 15 is 0 Å². The first-order valence-corrected chi connectivity index (χ1v) is 10.7. The highest BCUT2D eigenvalue weighted by Crippen LogP contribution is 2.21. The fourth-order valence-corrected chi connectivity index (χ4v) is 3.91. The topological polar surface area (TPSA) is 70.1 Å². The van der Waals surface area contributed by atoms with Crippen molar-refractivity contribution in [3.05, 3.63) is 77.9 Å². The second kappa shape index (κ2) is 9.72. The molecule has 1 aliphatic heterocycles. The smallest absolute Gasteiger partial charge is 0.257 e. The number of para-hydroxylation sites is 1. The van der Waals surface area contributed by atoms with Crippen molar-refractivity contribution in [3.8, 4) is 0 Å². The van der Waals surface area contributed by atoms with Crippen LogP contribution < -0.4 is 4.90 Å². The molecule has 4 rings (SSSR count). The number of piperazine rings is 1. The lowest BCUT2D eigenvalue weighted by atomic mass is 10.2. The largest absolute Gasteiger partial charge is 0.469 e. The Morgan fingerprint density at radius 3 is 2.44 bits per heavy atom. The van der Waals surface area contributed by atoms with Gasteiger partial charge in [0.15, 0.2) is 0 Å². The molecule has 3 heterocycles. The van der Waals surface area contributed by atoms with Gasteiger partial charge in [-0.05, 0) is 37.3 Å². The van der Waals surface area contributed by atoms with E-state index in [1.807, 2.05) is 11.0 Å². The van der Waals surface area contributed by atoms with Crippen LogP contribution in [0.25, 0.3) is 0 Å². The van der Waals surface area contributed by atoms with E-state index in [1.165, 1.54) is 12.3 Å². The van der Waals surface area contributed by atoms with Crippen LogP contribution in [0.15, 0.2) is 63.8 Å². The van der Waals surface area contributed by atoms with Gasteiger partial charge in [0, 0.05) is 39.1 Å². The molecule has 2 amide bonds. The van der Waals surface area contributed by atoms with Gasteiger partial charge in [-0.3, -0.25) is 9.59 Å². The van der Waals surface area contributed by atoms with Crippen LogP contribution in [0.2, 0.25) is 0 Å². The van der Waals surface area contributed by atoms with Crippen LogP contribution in [-0.2, 0) is 11.3 Å². The Bertz CT molecular complexity index is 1050. The van der Waals surface area contributed by atoms with Crippen molar-refractivity contribution < 1.29 is 22.8 Å². The van der Waals surface area contributed by atoms with Crippen LogP contribution in [0.5, 0.6) is 0 Å². The summed E-state index contributed by atoms with van der Waals surface area (Å²) in [6.45, 7) is 4.42. The molecule has 1 saturated heterocycles. The molecule has 0 unspecified atom stereocenters. The summed E-state index contributed by atoms with van der Waals surface area (Å²) in [6, 6.07) is 11.9. The Labute approximate surface area is 186 Å². The zero-order valence-electron chi connectivity index (χ0n) is 18.0. The van der Waals surface area contributed by atoms with Gasteiger partial charge in [-0.1, -0.05) is 12.1 Å². The third kappa shape index (κ3) is 4.85. The van der Waals surface area contributed by atoms with Crippen molar-refractivity contribution in [2.45, 2.75) is 19.9 Å². The third-order valence-corrected chi connectivity index (χ3v) is 5.72. The number of anilines is 1. The molecule has 1 aromatic carbocycles. The molecule has 0 N–H and O–H groups in total. The van der Waals surface area contributed by atoms with Gasteiger partial charge in [0.25, 0.3) is 5.91 Å². The van der Waals surface area contributed by atoms with Gasteiger partial charge in [0.2, 0.25) is 5.91 Å². The number of carbonyl (C=O) groups is 2. The summed E-state index contributed by atoms with van der Waals surface area (Å²) >= 11 is 0. The molecule has 32 heavy (non-hydrogen) atoms. The number of halogens is 1. The van der Waals surface area contributed by atoms with Crippen molar-refractivity contribution in [2.24, 2.45) is 0 Å². The van der Waals surface area contributed by atoms with Crippen LogP contribution in [0.3, 0.4) is 0 Å². The molecule has 0 radical (unpaired) electrons. The Morgan fingerprint density at radius 1 is 1.00 bits per heavy atom. The molecule has 7 nitrogen and oxygen atoms in total. The van der Waals surface area contributed by atoms with Gasteiger partial charge in [0.05, 0.1) is 30.3 Å². The molecule has 0 atom stereocenters. The first-order chi connectivity index (χ1) is 15.5. The quantitative estimate of drug-likeness (QED) is 0.562. The van der Waals surface area contributed by atoms with E-state index in [-0.39, 0.29) is 37.1 Å². The van der Waals surface area contributed by atoms with Gasteiger partial charge < -0.3 is 23.5 Å². The molecule has 2 aromatic heterocycles. The van der Waals surface area contributed by atoms with Crippen molar-refractivity contribution in [3.63, 3.8) is 0 Å². The molecule has 0 spiro atoms. The highest BCUT2D eigenvalue weighted by Gasteiger charge is 2.25. The van der Waals surface area contributed by atoms with E-state index in [0.29, 0.717) is 49.0 Å². The van der Waals surface area contributed by atoms with Gasteiger partial charge >= 0.3 is 0 Å². The van der Waals surface area contributed by atoms with Gasteiger partial charge in [-0.15, -0.1) is 0 Å². The first kappa shape index (κ1) is 21.7. The molecule has 0 saturated carbocycles. The fourth-order valence-electron chi connectivity index (χ4n) is 3.91. The van der Waals surface area contributed by atoms with Crippen LogP contribution in [0.1, 0.15) is 28.3 Å². The maximum Gasteiger partial charge on any atom is 0.257 e. The van der Waals surface area contributed by atoms with E-state index < -0.39 is 0 Å². The maximum atomic E-state index is 14.0. The Morgan fingerprint density at radius 2 is 1.78 bits per heavy atom. The lowest BCUT2D eigenvalue weighted by molar-refractivity contribution is -0.131. The van der Waals surface area contributed by atoms with Crippen molar-refractivity contribution in [2.75, 3.05) is 37.6 Å². The summed E-state index contributed by atoms with van der Waals surface area (Å²) in [6.07, 6.45) is 3.23. The number of hydrogen-bond donors (Lipinski definition) is 0. The molecular formula is C24H26FN3O4. The van der Waals surface area contributed by atoms with Gasteiger partial charge in [-0.25, -0.2) is 4.39 Å². The van der Waals surface area contributed by atoms with Crippen LogP contribution >= 0.6 is 0 Å². The monoisotopic (exact) mass is 439 g/mol. The van der Waals surface area contributed by atoms with E-state index in [1.54, 1.807) is 53.3 Å².